The number of carbonyl (C=O) groups is 1. The van der Waals surface area contributed by atoms with Gasteiger partial charge in [0.1, 0.15) is 5.76 Å². The fourth-order valence-corrected chi connectivity index (χ4v) is 3.51. The first-order valence-electron chi connectivity index (χ1n) is 7.09. The number of thioether (sulfide) groups is 1. The van der Waals surface area contributed by atoms with Gasteiger partial charge < -0.3 is 9.32 Å². The molecule has 0 radical (unpaired) electrons. The predicted molar refractivity (Wildman–Crippen MR) is 82.8 cm³/mol. The molecule has 0 unspecified atom stereocenters. The van der Waals surface area contributed by atoms with Crippen LogP contribution in [0.2, 0.25) is 0 Å². The van der Waals surface area contributed by atoms with Crippen molar-refractivity contribution in [2.75, 3.05) is 26.9 Å². The van der Waals surface area contributed by atoms with E-state index in [4.69, 9.17) is 4.42 Å². The number of rotatable bonds is 6. The summed E-state index contributed by atoms with van der Waals surface area (Å²) in [6.07, 6.45) is 7.49. The number of hydrogen-bond donors (Lipinski definition) is 0. The fraction of sp³-hybridized carbons (Fsp3) is 0.667. The van der Waals surface area contributed by atoms with Crippen molar-refractivity contribution < 1.29 is 9.21 Å². The minimum absolute atomic E-state index is 0.150. The molecule has 112 valence electrons. The average Bonchev–Trinajstić information content (AvgIpc) is 3.09. The Morgan fingerprint density at radius 2 is 2.25 bits per heavy atom. The summed E-state index contributed by atoms with van der Waals surface area (Å²) in [5.74, 6) is 0.975. The van der Waals surface area contributed by atoms with Crippen molar-refractivity contribution in [2.45, 2.75) is 37.1 Å². The van der Waals surface area contributed by atoms with E-state index in [-0.39, 0.29) is 5.91 Å². The van der Waals surface area contributed by atoms with Crippen LogP contribution in [-0.4, -0.2) is 53.9 Å². The largest absolute Gasteiger partial charge is 0.467 e. The van der Waals surface area contributed by atoms with Crippen LogP contribution in [0.25, 0.3) is 0 Å². The zero-order chi connectivity index (χ0) is 14.5. The van der Waals surface area contributed by atoms with Crippen LogP contribution >= 0.6 is 11.8 Å². The van der Waals surface area contributed by atoms with E-state index in [9.17, 15) is 4.79 Å². The average molecular weight is 296 g/mol. The molecule has 5 heteroatoms. The van der Waals surface area contributed by atoms with Crippen molar-refractivity contribution in [1.82, 2.24) is 9.80 Å². The maximum atomic E-state index is 12.2. The number of amides is 1. The van der Waals surface area contributed by atoms with E-state index in [1.165, 1.54) is 19.3 Å². The van der Waals surface area contributed by atoms with Gasteiger partial charge in [0.2, 0.25) is 5.91 Å². The molecular weight excluding hydrogens is 272 g/mol. The SMILES string of the molecule is CS[C@@H]1CC[C@H](N(C)CC(=O)N(C)Cc2ccco2)C1. The molecule has 1 aromatic rings. The Labute approximate surface area is 125 Å². The normalized spacial score (nSPS) is 22.4. The molecule has 1 aromatic heterocycles. The maximum Gasteiger partial charge on any atom is 0.236 e. The smallest absolute Gasteiger partial charge is 0.236 e. The summed E-state index contributed by atoms with van der Waals surface area (Å²) in [7, 11) is 3.89. The van der Waals surface area contributed by atoms with Crippen LogP contribution in [0.3, 0.4) is 0 Å². The van der Waals surface area contributed by atoms with Crippen LogP contribution in [0.1, 0.15) is 25.0 Å². The summed E-state index contributed by atoms with van der Waals surface area (Å²) < 4.78 is 5.28. The highest BCUT2D eigenvalue weighted by Crippen LogP contribution is 2.30. The molecule has 0 saturated heterocycles. The molecule has 1 aliphatic carbocycles. The van der Waals surface area contributed by atoms with Gasteiger partial charge in [0, 0.05) is 18.3 Å². The van der Waals surface area contributed by atoms with Crippen LogP contribution in [0, 0.1) is 0 Å². The topological polar surface area (TPSA) is 36.7 Å². The quantitative estimate of drug-likeness (QED) is 0.808. The molecule has 1 amide bonds. The van der Waals surface area contributed by atoms with Gasteiger partial charge in [0.25, 0.3) is 0 Å². The standard InChI is InChI=1S/C15H24N2O2S/c1-16(12-6-7-14(9-12)20-3)11-15(18)17(2)10-13-5-4-8-19-13/h4-5,8,12,14H,6-7,9-11H2,1-3H3/t12-,14+/m0/s1. The molecule has 4 nitrogen and oxygen atoms in total. The highest BCUT2D eigenvalue weighted by Gasteiger charge is 2.28. The lowest BCUT2D eigenvalue weighted by molar-refractivity contribution is -0.132. The van der Waals surface area contributed by atoms with Gasteiger partial charge in [0.15, 0.2) is 0 Å². The van der Waals surface area contributed by atoms with E-state index in [0.717, 1.165) is 11.0 Å². The van der Waals surface area contributed by atoms with E-state index in [2.05, 4.69) is 18.2 Å². The molecule has 1 aliphatic rings. The monoisotopic (exact) mass is 296 g/mol. The van der Waals surface area contributed by atoms with Crippen molar-refractivity contribution in [3.63, 3.8) is 0 Å². The zero-order valence-corrected chi connectivity index (χ0v) is 13.4. The lowest BCUT2D eigenvalue weighted by Gasteiger charge is -2.26. The highest BCUT2D eigenvalue weighted by molar-refractivity contribution is 7.99. The minimum Gasteiger partial charge on any atom is -0.467 e. The summed E-state index contributed by atoms with van der Waals surface area (Å²) in [4.78, 5) is 16.2. The molecule has 1 fully saturated rings. The Hall–Kier alpha value is -0.940. The van der Waals surface area contributed by atoms with Gasteiger partial charge in [-0.1, -0.05) is 0 Å². The molecule has 2 atom stereocenters. The molecular formula is C15H24N2O2S. The summed E-state index contributed by atoms with van der Waals surface area (Å²) in [5, 5.41) is 0.762. The molecule has 2 rings (SSSR count). The van der Waals surface area contributed by atoms with E-state index in [1.54, 1.807) is 11.2 Å². The van der Waals surface area contributed by atoms with Gasteiger partial charge in [0.05, 0.1) is 19.4 Å². The van der Waals surface area contributed by atoms with Gasteiger partial charge in [-0.3, -0.25) is 9.69 Å². The second kappa shape index (κ2) is 7.18. The van der Waals surface area contributed by atoms with Crippen LogP contribution in [-0.2, 0) is 11.3 Å². The summed E-state index contributed by atoms with van der Waals surface area (Å²) in [6.45, 7) is 1.03. The van der Waals surface area contributed by atoms with Crippen molar-refractivity contribution in [3.05, 3.63) is 24.2 Å². The molecule has 0 aromatic carbocycles. The molecule has 1 saturated carbocycles. The number of nitrogens with zero attached hydrogens (tertiary/aromatic N) is 2. The van der Waals surface area contributed by atoms with E-state index >= 15 is 0 Å². The molecule has 20 heavy (non-hydrogen) atoms. The molecule has 0 N–H and O–H groups in total. The molecule has 0 bridgehead atoms. The zero-order valence-electron chi connectivity index (χ0n) is 12.5. The van der Waals surface area contributed by atoms with Crippen molar-refractivity contribution in [3.8, 4) is 0 Å². The Balaban J connectivity index is 1.78. The fourth-order valence-electron chi connectivity index (χ4n) is 2.72. The second-order valence-corrected chi connectivity index (χ2v) is 6.71. The van der Waals surface area contributed by atoms with Crippen LogP contribution in [0.15, 0.2) is 22.8 Å². The lowest BCUT2D eigenvalue weighted by Crippen LogP contribution is -2.40. The first-order chi connectivity index (χ1) is 9.60. The third-order valence-corrected chi connectivity index (χ3v) is 5.19. The first-order valence-corrected chi connectivity index (χ1v) is 8.38. The number of carbonyl (C=O) groups excluding carboxylic acids is 1. The van der Waals surface area contributed by atoms with Crippen molar-refractivity contribution in [1.29, 1.82) is 0 Å². The van der Waals surface area contributed by atoms with Crippen LogP contribution in [0.5, 0.6) is 0 Å². The van der Waals surface area contributed by atoms with Crippen LogP contribution in [0.4, 0.5) is 0 Å². The first kappa shape index (κ1) is 15.4. The minimum atomic E-state index is 0.150. The maximum absolute atomic E-state index is 12.2. The van der Waals surface area contributed by atoms with Crippen LogP contribution < -0.4 is 0 Å². The molecule has 0 aliphatic heterocycles. The number of hydrogen-bond acceptors (Lipinski definition) is 4. The number of likely N-dealkylation sites (N-methyl/N-ethyl adjacent to an activating group) is 2. The van der Waals surface area contributed by atoms with Crippen molar-refractivity contribution >= 4 is 17.7 Å². The van der Waals surface area contributed by atoms with Gasteiger partial charge in [-0.15, -0.1) is 0 Å². The van der Waals surface area contributed by atoms with Gasteiger partial charge in [-0.05, 0) is 44.7 Å². The van der Waals surface area contributed by atoms with Crippen molar-refractivity contribution in [2.24, 2.45) is 0 Å². The Bertz CT molecular complexity index is 422. The number of furan rings is 1. The van der Waals surface area contributed by atoms with E-state index in [0.29, 0.717) is 19.1 Å². The van der Waals surface area contributed by atoms with Gasteiger partial charge in [-0.25, -0.2) is 0 Å². The summed E-state index contributed by atoms with van der Waals surface area (Å²) in [6, 6.07) is 4.29. The van der Waals surface area contributed by atoms with Gasteiger partial charge >= 0.3 is 0 Å². The summed E-state index contributed by atoms with van der Waals surface area (Å²) >= 11 is 1.95. The second-order valence-electron chi connectivity index (χ2n) is 5.57. The molecule has 0 spiro atoms. The molecule has 1 heterocycles. The summed E-state index contributed by atoms with van der Waals surface area (Å²) in [5.41, 5.74) is 0. The lowest BCUT2D eigenvalue weighted by atomic mass is 10.2. The Kier molecular flexibility index (Phi) is 5.54. The Morgan fingerprint density at radius 3 is 2.85 bits per heavy atom. The van der Waals surface area contributed by atoms with Gasteiger partial charge in [-0.2, -0.15) is 11.8 Å². The predicted octanol–water partition coefficient (Wildman–Crippen LogP) is 2.45. The Morgan fingerprint density at radius 1 is 1.45 bits per heavy atom. The third-order valence-electron chi connectivity index (χ3n) is 4.10. The van der Waals surface area contributed by atoms with E-state index in [1.807, 2.05) is 30.9 Å². The third kappa shape index (κ3) is 4.03. The van der Waals surface area contributed by atoms with E-state index < -0.39 is 0 Å². The highest BCUT2D eigenvalue weighted by atomic mass is 32.2.